The smallest absolute Gasteiger partial charge is 0.208 e. The average Bonchev–Trinajstić information content (AvgIpc) is 2.81. The van der Waals surface area contributed by atoms with Crippen LogP contribution in [0.1, 0.15) is 0 Å². The fourth-order valence-electron chi connectivity index (χ4n) is 4.10. The molecule has 0 bridgehead atoms. The quantitative estimate of drug-likeness (QED) is 0.277. The molecule has 0 saturated heterocycles. The second-order valence-electron chi connectivity index (χ2n) is 7.54. The van der Waals surface area contributed by atoms with Crippen LogP contribution in [0, 0.1) is 0 Å². The molecule has 0 atom stereocenters. The molecule has 0 unspecified atom stereocenters. The van der Waals surface area contributed by atoms with E-state index >= 15 is 0 Å². The van der Waals surface area contributed by atoms with E-state index in [0.29, 0.717) is 11.6 Å². The summed E-state index contributed by atoms with van der Waals surface area (Å²) in [4.78, 5) is 13.6. The molecule has 0 N–H and O–H groups in total. The number of aromatic nitrogens is 3. The fourth-order valence-corrected chi connectivity index (χ4v) is 4.26. The van der Waals surface area contributed by atoms with Gasteiger partial charge in [0.15, 0.2) is 11.6 Å². The van der Waals surface area contributed by atoms with E-state index in [1.54, 1.807) is 0 Å². The lowest BCUT2D eigenvalue weighted by Gasteiger charge is -2.09. The van der Waals surface area contributed by atoms with E-state index < -0.39 is 0 Å². The first kappa shape index (κ1) is 18.0. The molecule has 0 saturated carbocycles. The van der Waals surface area contributed by atoms with Gasteiger partial charge in [0, 0.05) is 11.1 Å². The Morgan fingerprint density at radius 3 is 1.97 bits per heavy atom. The Morgan fingerprint density at radius 2 is 1.13 bits per heavy atom. The minimum absolute atomic E-state index is 0.187. The van der Waals surface area contributed by atoms with Crippen molar-refractivity contribution in [2.75, 3.05) is 0 Å². The van der Waals surface area contributed by atoms with E-state index in [0.717, 1.165) is 27.3 Å². The Labute approximate surface area is 184 Å². The van der Waals surface area contributed by atoms with E-state index in [1.807, 2.05) is 30.3 Å². The first-order chi connectivity index (χ1) is 15.2. The number of rotatable bonds is 2. The summed E-state index contributed by atoms with van der Waals surface area (Å²) < 4.78 is 0. The predicted octanol–water partition coefficient (Wildman–Crippen LogP) is 7.32. The molecule has 5 aromatic carbocycles. The standard InChI is InChI=1S/C27H16ClN3/c28-27-30-25(29-26(31-27)24-11-5-9-17-6-3-4-10-23(17)24)21-13-12-20-14-18-7-1-2-8-19(18)15-22(20)16-21/h1-16H. The second-order valence-corrected chi connectivity index (χ2v) is 7.88. The van der Waals surface area contributed by atoms with Gasteiger partial charge in [-0.25, -0.2) is 4.98 Å². The topological polar surface area (TPSA) is 38.7 Å². The van der Waals surface area contributed by atoms with Crippen molar-refractivity contribution in [1.29, 1.82) is 0 Å². The van der Waals surface area contributed by atoms with Gasteiger partial charge >= 0.3 is 0 Å². The van der Waals surface area contributed by atoms with Gasteiger partial charge in [0.2, 0.25) is 5.28 Å². The molecule has 31 heavy (non-hydrogen) atoms. The van der Waals surface area contributed by atoms with Crippen LogP contribution in [0.15, 0.2) is 97.1 Å². The van der Waals surface area contributed by atoms with Crippen LogP contribution in [-0.2, 0) is 0 Å². The Kier molecular flexibility index (Phi) is 4.15. The summed E-state index contributed by atoms with van der Waals surface area (Å²) in [5, 5.41) is 7.16. The summed E-state index contributed by atoms with van der Waals surface area (Å²) in [6, 6.07) is 33.3. The third kappa shape index (κ3) is 3.20. The van der Waals surface area contributed by atoms with Gasteiger partial charge in [-0.2, -0.15) is 9.97 Å². The summed E-state index contributed by atoms with van der Waals surface area (Å²) in [5.41, 5.74) is 1.85. The molecule has 0 aliphatic heterocycles. The molecule has 0 amide bonds. The van der Waals surface area contributed by atoms with Gasteiger partial charge in [-0.05, 0) is 62.1 Å². The summed E-state index contributed by atoms with van der Waals surface area (Å²) >= 11 is 6.34. The van der Waals surface area contributed by atoms with Gasteiger partial charge in [-0.15, -0.1) is 0 Å². The average molecular weight is 418 g/mol. The molecule has 146 valence electrons. The van der Waals surface area contributed by atoms with Crippen molar-refractivity contribution in [2.45, 2.75) is 0 Å². The Hall–Kier alpha value is -3.82. The maximum atomic E-state index is 6.34. The third-order valence-electron chi connectivity index (χ3n) is 5.60. The molecule has 6 rings (SSSR count). The fraction of sp³-hybridized carbons (Fsp3) is 0. The monoisotopic (exact) mass is 417 g/mol. The van der Waals surface area contributed by atoms with E-state index in [9.17, 15) is 0 Å². The van der Waals surface area contributed by atoms with Crippen LogP contribution in [0.5, 0.6) is 0 Å². The maximum absolute atomic E-state index is 6.34. The molecule has 4 heteroatoms. The van der Waals surface area contributed by atoms with Gasteiger partial charge in [0.05, 0.1) is 0 Å². The Balaban J connectivity index is 1.53. The van der Waals surface area contributed by atoms with Crippen molar-refractivity contribution in [2.24, 2.45) is 0 Å². The van der Waals surface area contributed by atoms with Crippen molar-refractivity contribution >= 4 is 43.9 Å². The molecule has 6 aromatic rings. The molecule has 0 aliphatic carbocycles. The Morgan fingerprint density at radius 1 is 0.484 bits per heavy atom. The molecule has 1 aromatic heterocycles. The molecule has 3 nitrogen and oxygen atoms in total. The van der Waals surface area contributed by atoms with E-state index in [4.69, 9.17) is 16.6 Å². The number of halogens is 1. The first-order valence-corrected chi connectivity index (χ1v) is 10.5. The minimum atomic E-state index is 0.187. The van der Waals surface area contributed by atoms with Crippen molar-refractivity contribution in [3.63, 3.8) is 0 Å². The molecular weight excluding hydrogens is 402 g/mol. The summed E-state index contributed by atoms with van der Waals surface area (Å²) in [6.45, 7) is 0. The zero-order valence-electron chi connectivity index (χ0n) is 16.5. The lowest BCUT2D eigenvalue weighted by molar-refractivity contribution is 1.07. The van der Waals surface area contributed by atoms with E-state index in [1.165, 1.54) is 16.2 Å². The SMILES string of the molecule is Clc1nc(-c2ccc3cc4ccccc4cc3c2)nc(-c2cccc3ccccc23)n1. The highest BCUT2D eigenvalue weighted by Crippen LogP contribution is 2.30. The molecule has 0 fully saturated rings. The van der Waals surface area contributed by atoms with Crippen LogP contribution in [0.4, 0.5) is 0 Å². The van der Waals surface area contributed by atoms with Gasteiger partial charge in [0.1, 0.15) is 0 Å². The maximum Gasteiger partial charge on any atom is 0.226 e. The van der Waals surface area contributed by atoms with Gasteiger partial charge in [0.25, 0.3) is 0 Å². The van der Waals surface area contributed by atoms with E-state index in [2.05, 4.69) is 76.7 Å². The number of hydrogen-bond acceptors (Lipinski definition) is 3. The molecule has 0 spiro atoms. The normalized spacial score (nSPS) is 11.4. The number of hydrogen-bond donors (Lipinski definition) is 0. The zero-order chi connectivity index (χ0) is 20.8. The first-order valence-electron chi connectivity index (χ1n) is 10.1. The molecule has 0 aliphatic rings. The van der Waals surface area contributed by atoms with Crippen LogP contribution < -0.4 is 0 Å². The van der Waals surface area contributed by atoms with Crippen molar-refractivity contribution in [1.82, 2.24) is 15.0 Å². The predicted molar refractivity (Wildman–Crippen MR) is 128 cm³/mol. The lowest BCUT2D eigenvalue weighted by atomic mass is 10.0. The highest BCUT2D eigenvalue weighted by Gasteiger charge is 2.12. The van der Waals surface area contributed by atoms with Crippen LogP contribution in [0.3, 0.4) is 0 Å². The zero-order valence-corrected chi connectivity index (χ0v) is 17.2. The van der Waals surface area contributed by atoms with Crippen LogP contribution in [0.2, 0.25) is 5.28 Å². The summed E-state index contributed by atoms with van der Waals surface area (Å²) in [7, 11) is 0. The highest BCUT2D eigenvalue weighted by atomic mass is 35.5. The van der Waals surface area contributed by atoms with Crippen molar-refractivity contribution < 1.29 is 0 Å². The number of benzene rings is 5. The minimum Gasteiger partial charge on any atom is -0.208 e. The van der Waals surface area contributed by atoms with Crippen LogP contribution in [-0.4, -0.2) is 15.0 Å². The number of fused-ring (bicyclic) bond motifs is 3. The van der Waals surface area contributed by atoms with Gasteiger partial charge in [-0.1, -0.05) is 78.9 Å². The van der Waals surface area contributed by atoms with Crippen LogP contribution in [0.25, 0.3) is 55.1 Å². The lowest BCUT2D eigenvalue weighted by Crippen LogP contribution is -1.97. The van der Waals surface area contributed by atoms with Crippen LogP contribution >= 0.6 is 11.6 Å². The summed E-state index contributed by atoms with van der Waals surface area (Å²) in [6.07, 6.45) is 0. The van der Waals surface area contributed by atoms with Crippen molar-refractivity contribution in [3.8, 4) is 22.8 Å². The molecule has 0 radical (unpaired) electrons. The van der Waals surface area contributed by atoms with Gasteiger partial charge < -0.3 is 0 Å². The second kappa shape index (κ2) is 7.15. The number of nitrogens with zero attached hydrogens (tertiary/aromatic N) is 3. The van der Waals surface area contributed by atoms with Crippen molar-refractivity contribution in [3.05, 3.63) is 102 Å². The third-order valence-corrected chi connectivity index (χ3v) is 5.77. The molecular formula is C27H16ClN3. The molecule has 1 heterocycles. The summed E-state index contributed by atoms with van der Waals surface area (Å²) in [5.74, 6) is 1.14. The Bertz CT molecular complexity index is 1600. The largest absolute Gasteiger partial charge is 0.226 e. The highest BCUT2D eigenvalue weighted by molar-refractivity contribution is 6.28. The van der Waals surface area contributed by atoms with Gasteiger partial charge in [-0.3, -0.25) is 0 Å². The van der Waals surface area contributed by atoms with E-state index in [-0.39, 0.29) is 5.28 Å².